The zero-order valence-electron chi connectivity index (χ0n) is 13.1. The molecule has 2 saturated heterocycles. The van der Waals surface area contributed by atoms with Crippen molar-refractivity contribution in [2.45, 2.75) is 37.3 Å². The van der Waals surface area contributed by atoms with Gasteiger partial charge in [-0.25, -0.2) is 0 Å². The molecule has 0 aliphatic carbocycles. The minimum Gasteiger partial charge on any atom is -0.383 e. The summed E-state index contributed by atoms with van der Waals surface area (Å²) in [6.07, 6.45) is 5.15. The van der Waals surface area contributed by atoms with Gasteiger partial charge in [0, 0.05) is 46.4 Å². The van der Waals surface area contributed by atoms with Crippen molar-refractivity contribution in [1.29, 1.82) is 0 Å². The number of piperidine rings is 1. The lowest BCUT2D eigenvalue weighted by atomic mass is 9.83. The van der Waals surface area contributed by atoms with Crippen LogP contribution in [0.4, 0.5) is 0 Å². The van der Waals surface area contributed by atoms with Crippen molar-refractivity contribution in [3.8, 4) is 0 Å². The van der Waals surface area contributed by atoms with E-state index in [-0.39, 0.29) is 5.54 Å². The van der Waals surface area contributed by atoms with Crippen molar-refractivity contribution >= 4 is 0 Å². The molecule has 0 aromatic rings. The Balaban J connectivity index is 2.12. The molecular weight excluding hydrogens is 254 g/mol. The summed E-state index contributed by atoms with van der Waals surface area (Å²) in [6, 6.07) is 0.620. The topological polar surface area (TPSA) is 51.0 Å². The Kier molecular flexibility index (Phi) is 6.23. The summed E-state index contributed by atoms with van der Waals surface area (Å²) in [4.78, 5) is 5.19. The van der Waals surface area contributed by atoms with Gasteiger partial charge in [-0.2, -0.15) is 0 Å². The highest BCUT2D eigenvalue weighted by molar-refractivity contribution is 5.08. The monoisotopic (exact) mass is 285 g/mol. The second-order valence-corrected chi connectivity index (χ2v) is 6.08. The van der Waals surface area contributed by atoms with Gasteiger partial charge in [0.15, 0.2) is 0 Å². The van der Waals surface area contributed by atoms with Crippen molar-refractivity contribution in [2.75, 3.05) is 60.2 Å². The van der Waals surface area contributed by atoms with Gasteiger partial charge in [-0.3, -0.25) is 9.80 Å². The number of nitrogens with zero attached hydrogens (tertiary/aromatic N) is 2. The van der Waals surface area contributed by atoms with Gasteiger partial charge in [-0.15, -0.1) is 0 Å². The van der Waals surface area contributed by atoms with Crippen LogP contribution in [-0.2, 0) is 9.47 Å². The van der Waals surface area contributed by atoms with Crippen molar-refractivity contribution in [3.63, 3.8) is 0 Å². The average Bonchev–Trinajstić information content (AvgIpc) is 2.87. The summed E-state index contributed by atoms with van der Waals surface area (Å²) in [7, 11) is 3.54. The molecular formula is C15H31N3O2. The van der Waals surface area contributed by atoms with E-state index in [4.69, 9.17) is 15.2 Å². The second-order valence-electron chi connectivity index (χ2n) is 6.08. The molecule has 5 heteroatoms. The fraction of sp³-hybridized carbons (Fsp3) is 1.00. The highest BCUT2D eigenvalue weighted by Gasteiger charge is 2.50. The Morgan fingerprint density at radius 1 is 1.15 bits per heavy atom. The van der Waals surface area contributed by atoms with Crippen LogP contribution in [0.1, 0.15) is 25.7 Å². The largest absolute Gasteiger partial charge is 0.383 e. The number of methoxy groups -OCH3 is 2. The molecule has 0 spiro atoms. The van der Waals surface area contributed by atoms with Crippen molar-refractivity contribution in [3.05, 3.63) is 0 Å². The quantitative estimate of drug-likeness (QED) is 0.705. The molecule has 0 radical (unpaired) electrons. The molecule has 2 rings (SSSR count). The summed E-state index contributed by atoms with van der Waals surface area (Å²) in [5, 5.41) is 0. The molecule has 5 nitrogen and oxygen atoms in total. The highest BCUT2D eigenvalue weighted by Crippen LogP contribution is 2.38. The van der Waals surface area contributed by atoms with Crippen LogP contribution in [0.2, 0.25) is 0 Å². The molecule has 0 saturated carbocycles. The molecule has 0 bridgehead atoms. The van der Waals surface area contributed by atoms with Crippen molar-refractivity contribution in [1.82, 2.24) is 9.80 Å². The maximum absolute atomic E-state index is 6.27. The molecule has 20 heavy (non-hydrogen) atoms. The van der Waals surface area contributed by atoms with E-state index in [2.05, 4.69) is 9.80 Å². The van der Waals surface area contributed by atoms with E-state index in [1.54, 1.807) is 14.2 Å². The molecule has 2 N–H and O–H groups in total. The highest BCUT2D eigenvalue weighted by atomic mass is 16.5. The molecule has 2 aliphatic heterocycles. The molecule has 2 atom stereocenters. The van der Waals surface area contributed by atoms with Crippen molar-refractivity contribution < 1.29 is 9.47 Å². The Hall–Kier alpha value is -0.200. The van der Waals surface area contributed by atoms with Gasteiger partial charge in [0.05, 0.1) is 18.8 Å². The molecule has 2 aliphatic rings. The van der Waals surface area contributed by atoms with E-state index in [1.165, 1.54) is 38.8 Å². The zero-order valence-corrected chi connectivity index (χ0v) is 13.1. The van der Waals surface area contributed by atoms with Crippen LogP contribution in [0, 0.1) is 0 Å². The molecule has 0 aromatic heterocycles. The Morgan fingerprint density at radius 3 is 2.45 bits per heavy atom. The van der Waals surface area contributed by atoms with Crippen LogP contribution >= 0.6 is 0 Å². The summed E-state index contributed by atoms with van der Waals surface area (Å²) in [5.41, 5.74) is 6.39. The Labute approximate surface area is 123 Å². The first-order chi connectivity index (χ1) is 9.78. The molecule has 2 fully saturated rings. The van der Waals surface area contributed by atoms with Gasteiger partial charge in [-0.1, -0.05) is 6.42 Å². The van der Waals surface area contributed by atoms with Gasteiger partial charge >= 0.3 is 0 Å². The van der Waals surface area contributed by atoms with Crippen LogP contribution < -0.4 is 5.73 Å². The van der Waals surface area contributed by atoms with Crippen LogP contribution in [0.3, 0.4) is 0 Å². The first-order valence-corrected chi connectivity index (χ1v) is 7.95. The summed E-state index contributed by atoms with van der Waals surface area (Å²) in [5.74, 6) is 0. The fourth-order valence-corrected chi connectivity index (χ4v) is 4.07. The maximum atomic E-state index is 6.27. The standard InChI is InChI=1S/C15H31N3O2/c1-19-11-9-18(10-12-20-2)15(13-16)6-8-17-7-4-3-5-14(15)17/h14H,3-13,16H2,1-2H3. The van der Waals surface area contributed by atoms with Crippen molar-refractivity contribution in [2.24, 2.45) is 5.73 Å². The third-order valence-corrected chi connectivity index (χ3v) is 5.18. The summed E-state index contributed by atoms with van der Waals surface area (Å²) in [6.45, 7) is 6.59. The van der Waals surface area contributed by atoms with Crippen LogP contribution in [0.15, 0.2) is 0 Å². The summed E-state index contributed by atoms with van der Waals surface area (Å²) < 4.78 is 10.6. The van der Waals surface area contributed by atoms with Crippen LogP contribution in [0.25, 0.3) is 0 Å². The minimum absolute atomic E-state index is 0.123. The molecule has 2 unspecified atom stereocenters. The number of nitrogens with two attached hydrogens (primary N) is 1. The number of rotatable bonds is 8. The second kappa shape index (κ2) is 7.71. The van der Waals surface area contributed by atoms with Crippen LogP contribution in [-0.4, -0.2) is 81.5 Å². The van der Waals surface area contributed by atoms with E-state index in [0.717, 1.165) is 32.8 Å². The molecule has 2 heterocycles. The van der Waals surface area contributed by atoms with Crippen LogP contribution in [0.5, 0.6) is 0 Å². The average molecular weight is 285 g/mol. The van der Waals surface area contributed by atoms with Gasteiger partial charge in [0.1, 0.15) is 0 Å². The Morgan fingerprint density at radius 2 is 1.85 bits per heavy atom. The van der Waals surface area contributed by atoms with Gasteiger partial charge in [-0.05, 0) is 25.8 Å². The maximum Gasteiger partial charge on any atom is 0.0589 e. The number of fused-ring (bicyclic) bond motifs is 1. The Bertz CT molecular complexity index is 282. The van der Waals surface area contributed by atoms with E-state index in [1.807, 2.05) is 0 Å². The first kappa shape index (κ1) is 16.2. The van der Waals surface area contributed by atoms with Gasteiger partial charge < -0.3 is 15.2 Å². The molecule has 0 aromatic carbocycles. The lowest BCUT2D eigenvalue weighted by Crippen LogP contribution is -2.63. The smallest absolute Gasteiger partial charge is 0.0589 e. The lowest BCUT2D eigenvalue weighted by molar-refractivity contribution is 0.00558. The summed E-state index contributed by atoms with van der Waals surface area (Å²) >= 11 is 0. The predicted octanol–water partition coefficient (Wildman–Crippen LogP) is 0.537. The first-order valence-electron chi connectivity index (χ1n) is 7.95. The van der Waals surface area contributed by atoms with Gasteiger partial charge in [0.25, 0.3) is 0 Å². The SMILES string of the molecule is COCCN(CCOC)C1(CN)CCN2CCCCC21. The molecule has 118 valence electrons. The van der Waals surface area contributed by atoms with E-state index in [9.17, 15) is 0 Å². The number of ether oxygens (including phenoxy) is 2. The number of hydrogen-bond acceptors (Lipinski definition) is 5. The number of hydrogen-bond donors (Lipinski definition) is 1. The predicted molar refractivity (Wildman–Crippen MR) is 80.9 cm³/mol. The van der Waals surface area contributed by atoms with E-state index in [0.29, 0.717) is 6.04 Å². The van der Waals surface area contributed by atoms with E-state index >= 15 is 0 Å². The van der Waals surface area contributed by atoms with E-state index < -0.39 is 0 Å². The molecule has 0 amide bonds. The van der Waals surface area contributed by atoms with Gasteiger partial charge in [0.2, 0.25) is 0 Å². The normalized spacial score (nSPS) is 30.9. The third kappa shape index (κ3) is 3.17. The minimum atomic E-state index is 0.123. The lowest BCUT2D eigenvalue weighted by Gasteiger charge is -2.47. The third-order valence-electron chi connectivity index (χ3n) is 5.18. The zero-order chi connectivity index (χ0) is 14.4. The fourth-order valence-electron chi connectivity index (χ4n) is 4.07.